The highest BCUT2D eigenvalue weighted by Crippen LogP contribution is 2.22. The van der Waals surface area contributed by atoms with Crippen LogP contribution in [0.25, 0.3) is 0 Å². The largest absolute Gasteiger partial charge is 0.493 e. The summed E-state index contributed by atoms with van der Waals surface area (Å²) < 4.78 is 5.73. The summed E-state index contributed by atoms with van der Waals surface area (Å²) in [5.41, 5.74) is 1.93. The molecule has 21 heavy (non-hydrogen) atoms. The van der Waals surface area contributed by atoms with Gasteiger partial charge in [-0.1, -0.05) is 27.7 Å². The summed E-state index contributed by atoms with van der Waals surface area (Å²) in [6.45, 7) is 12.0. The SMILES string of the molecule is CCCOc1ccc(C(=O)CCN(CC)CC)cc1CC. The average Bonchev–Trinajstić information content (AvgIpc) is 2.53. The number of nitrogens with zero attached hydrogens (tertiary/aromatic N) is 1. The van der Waals surface area contributed by atoms with Crippen LogP contribution in [0.1, 0.15) is 56.5 Å². The summed E-state index contributed by atoms with van der Waals surface area (Å²) in [4.78, 5) is 14.6. The summed E-state index contributed by atoms with van der Waals surface area (Å²) in [5.74, 6) is 1.14. The standard InChI is InChI=1S/C18H29NO2/c1-5-13-21-18-10-9-16(14-15(18)6-2)17(20)11-12-19(7-3)8-4/h9-10,14H,5-8,11-13H2,1-4H3. The van der Waals surface area contributed by atoms with Crippen LogP contribution in [0, 0.1) is 0 Å². The number of aryl methyl sites for hydroxylation is 1. The van der Waals surface area contributed by atoms with Crippen LogP contribution in [-0.2, 0) is 6.42 Å². The van der Waals surface area contributed by atoms with Gasteiger partial charge in [-0.15, -0.1) is 0 Å². The van der Waals surface area contributed by atoms with E-state index < -0.39 is 0 Å². The molecule has 0 aliphatic heterocycles. The first-order valence-corrected chi connectivity index (χ1v) is 8.17. The van der Waals surface area contributed by atoms with Crippen molar-refractivity contribution in [1.82, 2.24) is 4.90 Å². The molecule has 3 nitrogen and oxygen atoms in total. The Kier molecular flexibility index (Phi) is 8.06. The maximum Gasteiger partial charge on any atom is 0.164 e. The van der Waals surface area contributed by atoms with Gasteiger partial charge in [0.15, 0.2) is 5.78 Å². The van der Waals surface area contributed by atoms with Crippen molar-refractivity contribution < 1.29 is 9.53 Å². The van der Waals surface area contributed by atoms with Crippen LogP contribution in [0.5, 0.6) is 5.75 Å². The Labute approximate surface area is 129 Å². The van der Waals surface area contributed by atoms with E-state index in [0.717, 1.165) is 56.0 Å². The van der Waals surface area contributed by atoms with Crippen molar-refractivity contribution in [2.75, 3.05) is 26.2 Å². The molecule has 0 atom stereocenters. The van der Waals surface area contributed by atoms with E-state index in [1.165, 1.54) is 0 Å². The zero-order valence-corrected chi connectivity index (χ0v) is 13.9. The maximum absolute atomic E-state index is 12.3. The van der Waals surface area contributed by atoms with Crippen molar-refractivity contribution in [3.8, 4) is 5.75 Å². The second-order valence-electron chi connectivity index (χ2n) is 5.22. The summed E-state index contributed by atoms with van der Waals surface area (Å²) in [7, 11) is 0. The lowest BCUT2D eigenvalue weighted by Gasteiger charge is -2.17. The smallest absolute Gasteiger partial charge is 0.164 e. The number of ketones is 1. The number of ether oxygens (including phenoxy) is 1. The molecule has 118 valence electrons. The number of benzene rings is 1. The van der Waals surface area contributed by atoms with Gasteiger partial charge < -0.3 is 9.64 Å². The summed E-state index contributed by atoms with van der Waals surface area (Å²) >= 11 is 0. The molecule has 0 fully saturated rings. The minimum Gasteiger partial charge on any atom is -0.493 e. The third-order valence-corrected chi connectivity index (χ3v) is 3.77. The Bertz CT molecular complexity index is 439. The summed E-state index contributed by atoms with van der Waals surface area (Å²) in [6.07, 6.45) is 2.46. The predicted molar refractivity (Wildman–Crippen MR) is 88.3 cm³/mol. The van der Waals surface area contributed by atoms with E-state index in [9.17, 15) is 4.79 Å². The van der Waals surface area contributed by atoms with E-state index in [2.05, 4.69) is 32.6 Å². The zero-order valence-electron chi connectivity index (χ0n) is 13.9. The highest BCUT2D eigenvalue weighted by atomic mass is 16.5. The maximum atomic E-state index is 12.3. The second-order valence-corrected chi connectivity index (χ2v) is 5.22. The van der Waals surface area contributed by atoms with Gasteiger partial charge in [-0.05, 0) is 49.7 Å². The fourth-order valence-electron chi connectivity index (χ4n) is 2.33. The van der Waals surface area contributed by atoms with Gasteiger partial charge in [-0.3, -0.25) is 4.79 Å². The molecule has 0 spiro atoms. The summed E-state index contributed by atoms with van der Waals surface area (Å²) in [6, 6.07) is 5.84. The van der Waals surface area contributed by atoms with Gasteiger partial charge in [0.25, 0.3) is 0 Å². The molecule has 0 aliphatic rings. The monoisotopic (exact) mass is 291 g/mol. The van der Waals surface area contributed by atoms with Crippen LogP contribution in [-0.4, -0.2) is 36.9 Å². The molecule has 1 rings (SSSR count). The molecular weight excluding hydrogens is 262 g/mol. The minimum atomic E-state index is 0.221. The van der Waals surface area contributed by atoms with Crippen LogP contribution < -0.4 is 4.74 Å². The molecule has 3 heteroatoms. The first-order valence-electron chi connectivity index (χ1n) is 8.17. The Balaban J connectivity index is 2.72. The highest BCUT2D eigenvalue weighted by molar-refractivity contribution is 5.96. The van der Waals surface area contributed by atoms with Crippen molar-refractivity contribution in [2.45, 2.75) is 47.0 Å². The molecule has 0 saturated heterocycles. The van der Waals surface area contributed by atoms with E-state index in [-0.39, 0.29) is 5.78 Å². The molecule has 0 amide bonds. The molecule has 0 aromatic heterocycles. The lowest BCUT2D eigenvalue weighted by Crippen LogP contribution is -2.25. The van der Waals surface area contributed by atoms with Gasteiger partial charge in [0, 0.05) is 18.5 Å². The van der Waals surface area contributed by atoms with Gasteiger partial charge in [0.1, 0.15) is 5.75 Å². The predicted octanol–water partition coefficient (Wildman–Crippen LogP) is 3.95. The normalized spacial score (nSPS) is 10.9. The van der Waals surface area contributed by atoms with E-state index in [4.69, 9.17) is 4.74 Å². The number of carbonyl (C=O) groups is 1. The van der Waals surface area contributed by atoms with Crippen LogP contribution in [0.4, 0.5) is 0 Å². The van der Waals surface area contributed by atoms with Crippen molar-refractivity contribution in [3.63, 3.8) is 0 Å². The van der Waals surface area contributed by atoms with Crippen molar-refractivity contribution in [3.05, 3.63) is 29.3 Å². The Morgan fingerprint density at radius 3 is 2.43 bits per heavy atom. The van der Waals surface area contributed by atoms with Crippen LogP contribution in [0.15, 0.2) is 18.2 Å². The third-order valence-electron chi connectivity index (χ3n) is 3.77. The first-order chi connectivity index (χ1) is 10.2. The number of hydrogen-bond donors (Lipinski definition) is 0. The zero-order chi connectivity index (χ0) is 15.7. The third kappa shape index (κ3) is 5.50. The molecule has 0 aliphatic carbocycles. The molecule has 0 saturated carbocycles. The van der Waals surface area contributed by atoms with E-state index in [1.54, 1.807) is 0 Å². The highest BCUT2D eigenvalue weighted by Gasteiger charge is 2.11. The molecule has 0 bridgehead atoms. The molecule has 0 N–H and O–H groups in total. The Morgan fingerprint density at radius 2 is 1.86 bits per heavy atom. The number of rotatable bonds is 10. The van der Waals surface area contributed by atoms with Crippen LogP contribution in [0.2, 0.25) is 0 Å². The molecule has 1 aromatic carbocycles. The molecule has 0 unspecified atom stereocenters. The number of carbonyl (C=O) groups excluding carboxylic acids is 1. The summed E-state index contributed by atoms with van der Waals surface area (Å²) in [5, 5.41) is 0. The molecule has 0 radical (unpaired) electrons. The van der Waals surface area contributed by atoms with Gasteiger partial charge in [-0.2, -0.15) is 0 Å². The van der Waals surface area contributed by atoms with Crippen LogP contribution in [0.3, 0.4) is 0 Å². The Hall–Kier alpha value is -1.35. The minimum absolute atomic E-state index is 0.221. The van der Waals surface area contributed by atoms with Crippen molar-refractivity contribution in [1.29, 1.82) is 0 Å². The van der Waals surface area contributed by atoms with Gasteiger partial charge in [0.05, 0.1) is 6.61 Å². The molecule has 1 aromatic rings. The second kappa shape index (κ2) is 9.56. The quantitative estimate of drug-likeness (QED) is 0.611. The fourth-order valence-corrected chi connectivity index (χ4v) is 2.33. The topological polar surface area (TPSA) is 29.5 Å². The van der Waals surface area contributed by atoms with Crippen LogP contribution >= 0.6 is 0 Å². The fraction of sp³-hybridized carbons (Fsp3) is 0.611. The molecular formula is C18H29NO2. The Morgan fingerprint density at radius 1 is 1.14 bits per heavy atom. The lowest BCUT2D eigenvalue weighted by molar-refractivity contribution is 0.0966. The average molecular weight is 291 g/mol. The van der Waals surface area contributed by atoms with Gasteiger partial charge >= 0.3 is 0 Å². The lowest BCUT2D eigenvalue weighted by atomic mass is 10.0. The first kappa shape index (κ1) is 17.7. The van der Waals surface area contributed by atoms with Gasteiger partial charge in [-0.25, -0.2) is 0 Å². The van der Waals surface area contributed by atoms with E-state index >= 15 is 0 Å². The number of hydrogen-bond acceptors (Lipinski definition) is 3. The van der Waals surface area contributed by atoms with Crippen molar-refractivity contribution >= 4 is 5.78 Å². The molecule has 0 heterocycles. The number of Topliss-reactive ketones (excluding diaryl/α,β-unsaturated/α-hetero) is 1. The van der Waals surface area contributed by atoms with E-state index in [1.807, 2.05) is 18.2 Å². The van der Waals surface area contributed by atoms with E-state index in [0.29, 0.717) is 6.42 Å². The van der Waals surface area contributed by atoms with Crippen molar-refractivity contribution in [2.24, 2.45) is 0 Å². The van der Waals surface area contributed by atoms with Gasteiger partial charge in [0.2, 0.25) is 0 Å².